The fourth-order valence-electron chi connectivity index (χ4n) is 2.24. The Morgan fingerprint density at radius 2 is 2.38 bits per heavy atom. The topological polar surface area (TPSA) is 53.4 Å². The number of hydrogen-bond acceptors (Lipinski definition) is 3. The molecule has 0 saturated carbocycles. The lowest BCUT2D eigenvalue weighted by atomic mass is 9.99. The smallest absolute Gasteiger partial charge is 0.305 e. The van der Waals surface area contributed by atoms with E-state index in [1.54, 1.807) is 6.20 Å². The van der Waals surface area contributed by atoms with Crippen LogP contribution >= 0.6 is 0 Å². The quantitative estimate of drug-likeness (QED) is 0.845. The van der Waals surface area contributed by atoms with Gasteiger partial charge in [-0.2, -0.15) is 0 Å². The molecule has 1 fully saturated rings. The van der Waals surface area contributed by atoms with Gasteiger partial charge in [0.1, 0.15) is 5.82 Å². The van der Waals surface area contributed by atoms with E-state index in [0.29, 0.717) is 0 Å². The van der Waals surface area contributed by atoms with Crippen molar-refractivity contribution in [2.75, 3.05) is 11.4 Å². The van der Waals surface area contributed by atoms with Gasteiger partial charge in [-0.25, -0.2) is 4.98 Å². The average molecular weight is 220 g/mol. The lowest BCUT2D eigenvalue weighted by molar-refractivity contribution is -0.137. The van der Waals surface area contributed by atoms with Crippen molar-refractivity contribution >= 4 is 11.8 Å². The summed E-state index contributed by atoms with van der Waals surface area (Å²) in [7, 11) is 0. The molecule has 0 bridgehead atoms. The first-order valence-corrected chi connectivity index (χ1v) is 5.67. The molecule has 4 heteroatoms. The van der Waals surface area contributed by atoms with E-state index in [1.807, 2.05) is 18.2 Å². The minimum absolute atomic E-state index is 0.0983. The minimum atomic E-state index is -0.729. The third kappa shape index (κ3) is 2.51. The van der Waals surface area contributed by atoms with Crippen LogP contribution in [0.4, 0.5) is 5.82 Å². The number of aromatic nitrogens is 1. The van der Waals surface area contributed by atoms with Crippen LogP contribution in [0.3, 0.4) is 0 Å². The monoisotopic (exact) mass is 220 g/mol. The molecule has 1 aromatic heterocycles. The van der Waals surface area contributed by atoms with Crippen LogP contribution in [-0.4, -0.2) is 28.6 Å². The molecule has 1 aliphatic heterocycles. The van der Waals surface area contributed by atoms with Crippen LogP contribution in [0.2, 0.25) is 0 Å². The fourth-order valence-corrected chi connectivity index (χ4v) is 2.24. The third-order valence-electron chi connectivity index (χ3n) is 2.98. The van der Waals surface area contributed by atoms with E-state index < -0.39 is 5.97 Å². The van der Waals surface area contributed by atoms with Gasteiger partial charge in [0.15, 0.2) is 0 Å². The largest absolute Gasteiger partial charge is 0.481 e. The normalized spacial score (nSPS) is 20.8. The van der Waals surface area contributed by atoms with E-state index in [9.17, 15) is 4.79 Å². The molecule has 1 aliphatic rings. The Kier molecular flexibility index (Phi) is 3.39. The van der Waals surface area contributed by atoms with Crippen LogP contribution < -0.4 is 4.90 Å². The summed E-state index contributed by atoms with van der Waals surface area (Å²) >= 11 is 0. The number of hydrogen-bond donors (Lipinski definition) is 1. The number of anilines is 1. The highest BCUT2D eigenvalue weighted by molar-refractivity contribution is 5.68. The maximum atomic E-state index is 10.8. The van der Waals surface area contributed by atoms with Crippen molar-refractivity contribution in [1.29, 1.82) is 0 Å². The van der Waals surface area contributed by atoms with E-state index in [-0.39, 0.29) is 12.5 Å². The van der Waals surface area contributed by atoms with Crippen molar-refractivity contribution in [3.8, 4) is 0 Å². The van der Waals surface area contributed by atoms with Gasteiger partial charge in [0.05, 0.1) is 6.42 Å². The Bertz CT molecular complexity index is 353. The summed E-state index contributed by atoms with van der Waals surface area (Å²) in [5, 5.41) is 8.88. The molecule has 1 unspecified atom stereocenters. The molecule has 86 valence electrons. The number of rotatable bonds is 3. The molecule has 2 heterocycles. The van der Waals surface area contributed by atoms with Crippen LogP contribution in [0.15, 0.2) is 24.4 Å². The Labute approximate surface area is 94.9 Å². The number of pyridine rings is 1. The first kappa shape index (κ1) is 10.9. The summed E-state index contributed by atoms with van der Waals surface area (Å²) in [4.78, 5) is 17.2. The van der Waals surface area contributed by atoms with Gasteiger partial charge in [-0.3, -0.25) is 4.79 Å². The number of carboxylic acid groups (broad SMARTS) is 1. The van der Waals surface area contributed by atoms with Crippen LogP contribution in [0.25, 0.3) is 0 Å². The maximum absolute atomic E-state index is 10.8. The second-order valence-corrected chi connectivity index (χ2v) is 4.13. The maximum Gasteiger partial charge on any atom is 0.305 e. The first-order valence-electron chi connectivity index (χ1n) is 5.67. The minimum Gasteiger partial charge on any atom is -0.481 e. The van der Waals surface area contributed by atoms with Crippen LogP contribution in [0.5, 0.6) is 0 Å². The predicted octanol–water partition coefficient (Wildman–Crippen LogP) is 1.92. The van der Waals surface area contributed by atoms with Gasteiger partial charge < -0.3 is 10.0 Å². The van der Waals surface area contributed by atoms with E-state index in [1.165, 1.54) is 0 Å². The molecule has 4 nitrogen and oxygen atoms in total. The van der Waals surface area contributed by atoms with Crippen LogP contribution in [0, 0.1) is 0 Å². The molecule has 1 atom stereocenters. The van der Waals surface area contributed by atoms with Gasteiger partial charge in [0, 0.05) is 18.8 Å². The Morgan fingerprint density at radius 1 is 1.50 bits per heavy atom. The third-order valence-corrected chi connectivity index (χ3v) is 2.98. The van der Waals surface area contributed by atoms with Crippen molar-refractivity contribution in [1.82, 2.24) is 4.98 Å². The summed E-state index contributed by atoms with van der Waals surface area (Å²) in [5.41, 5.74) is 0. The van der Waals surface area contributed by atoms with Crippen molar-refractivity contribution in [3.05, 3.63) is 24.4 Å². The number of piperidine rings is 1. The van der Waals surface area contributed by atoms with E-state index in [0.717, 1.165) is 31.6 Å². The zero-order chi connectivity index (χ0) is 11.4. The van der Waals surface area contributed by atoms with Gasteiger partial charge in [0.25, 0.3) is 0 Å². The zero-order valence-corrected chi connectivity index (χ0v) is 9.17. The molecular weight excluding hydrogens is 204 g/mol. The fraction of sp³-hybridized carbons (Fsp3) is 0.500. The molecule has 2 rings (SSSR count). The van der Waals surface area contributed by atoms with Crippen LogP contribution in [0.1, 0.15) is 25.7 Å². The SMILES string of the molecule is O=C(O)CC1CCCCN1c1ccccn1. The number of carboxylic acids is 1. The summed E-state index contributed by atoms with van der Waals surface area (Å²) in [6.45, 7) is 0.912. The van der Waals surface area contributed by atoms with E-state index in [2.05, 4.69) is 9.88 Å². The number of aliphatic carboxylic acids is 1. The molecule has 0 radical (unpaired) electrons. The van der Waals surface area contributed by atoms with Gasteiger partial charge >= 0.3 is 5.97 Å². The lowest BCUT2D eigenvalue weighted by Crippen LogP contribution is -2.41. The summed E-state index contributed by atoms with van der Waals surface area (Å²) in [5.74, 6) is 0.168. The van der Waals surface area contributed by atoms with Crippen molar-refractivity contribution in [3.63, 3.8) is 0 Å². The summed E-state index contributed by atoms with van der Waals surface area (Å²) in [6.07, 6.45) is 5.13. The molecule has 0 aromatic carbocycles. The van der Waals surface area contributed by atoms with Gasteiger partial charge in [-0.1, -0.05) is 6.07 Å². The molecule has 0 amide bonds. The number of nitrogens with zero attached hydrogens (tertiary/aromatic N) is 2. The Hall–Kier alpha value is -1.58. The second-order valence-electron chi connectivity index (χ2n) is 4.13. The lowest BCUT2D eigenvalue weighted by Gasteiger charge is -2.35. The highest BCUT2D eigenvalue weighted by Crippen LogP contribution is 2.24. The Balaban J connectivity index is 2.13. The molecule has 1 saturated heterocycles. The molecular formula is C12H16N2O2. The van der Waals surface area contributed by atoms with E-state index >= 15 is 0 Å². The second kappa shape index (κ2) is 4.96. The highest BCUT2D eigenvalue weighted by Gasteiger charge is 2.25. The van der Waals surface area contributed by atoms with Gasteiger partial charge in [0.2, 0.25) is 0 Å². The van der Waals surface area contributed by atoms with Crippen molar-refractivity contribution < 1.29 is 9.90 Å². The van der Waals surface area contributed by atoms with Crippen molar-refractivity contribution in [2.24, 2.45) is 0 Å². The molecule has 1 aromatic rings. The van der Waals surface area contributed by atoms with Crippen LogP contribution in [-0.2, 0) is 4.79 Å². The first-order chi connectivity index (χ1) is 7.77. The standard InChI is InChI=1S/C12H16N2O2/c15-12(16)9-10-5-2-4-8-14(10)11-6-1-3-7-13-11/h1,3,6-7,10H,2,4-5,8-9H2,(H,15,16). The van der Waals surface area contributed by atoms with Gasteiger partial charge in [-0.15, -0.1) is 0 Å². The molecule has 1 N–H and O–H groups in total. The Morgan fingerprint density at radius 3 is 3.06 bits per heavy atom. The molecule has 16 heavy (non-hydrogen) atoms. The van der Waals surface area contributed by atoms with E-state index in [4.69, 9.17) is 5.11 Å². The summed E-state index contributed by atoms with van der Waals surface area (Å²) < 4.78 is 0. The predicted molar refractivity (Wildman–Crippen MR) is 61.5 cm³/mol. The highest BCUT2D eigenvalue weighted by atomic mass is 16.4. The molecule has 0 aliphatic carbocycles. The van der Waals surface area contributed by atoms with Gasteiger partial charge in [-0.05, 0) is 31.4 Å². The average Bonchev–Trinajstić information content (AvgIpc) is 2.30. The molecule has 0 spiro atoms. The summed E-state index contributed by atoms with van der Waals surface area (Å²) in [6, 6.07) is 5.86. The zero-order valence-electron chi connectivity index (χ0n) is 9.17. The number of carbonyl (C=O) groups is 1. The van der Waals surface area contributed by atoms with Crippen molar-refractivity contribution in [2.45, 2.75) is 31.7 Å².